The van der Waals surface area contributed by atoms with E-state index in [0.29, 0.717) is 5.56 Å². The molecule has 1 aromatic carbocycles. The van der Waals surface area contributed by atoms with Crippen LogP contribution in [0.3, 0.4) is 0 Å². The highest BCUT2D eigenvalue weighted by Crippen LogP contribution is 2.42. The summed E-state index contributed by atoms with van der Waals surface area (Å²) in [5, 5.41) is 33.2. The standard InChI is InChI=1S/C19H18B2F2N2O8/c22-15-10(3-1-8-6-32-20(30)13(8)15)17(26)24-5-12(19(28)29)25-18(27)11-4-2-9-7-33-21(31)14(9)16(11)23/h1-4,8,12-13,30-31H,5-7H2,(H,24,26)(H,25,27)(H,28,29)/t8?,12-,13?/m0/s1. The first-order valence-corrected chi connectivity index (χ1v) is 9.99. The van der Waals surface area contributed by atoms with Crippen molar-refractivity contribution in [2.45, 2.75) is 18.5 Å². The van der Waals surface area contributed by atoms with Gasteiger partial charge in [-0.2, -0.15) is 0 Å². The molecule has 3 atom stereocenters. The Hall–Kier alpha value is -3.06. The van der Waals surface area contributed by atoms with Gasteiger partial charge < -0.3 is 35.1 Å². The van der Waals surface area contributed by atoms with E-state index in [4.69, 9.17) is 9.31 Å². The van der Waals surface area contributed by atoms with Gasteiger partial charge in [-0.1, -0.05) is 18.2 Å². The number of fused-ring (bicyclic) bond motifs is 2. The van der Waals surface area contributed by atoms with E-state index in [2.05, 4.69) is 10.6 Å². The maximum atomic E-state index is 14.7. The lowest BCUT2D eigenvalue weighted by molar-refractivity contribution is -0.139. The van der Waals surface area contributed by atoms with Crippen LogP contribution in [0.4, 0.5) is 8.78 Å². The highest BCUT2D eigenvalue weighted by atomic mass is 19.1. The van der Waals surface area contributed by atoms with E-state index in [1.54, 1.807) is 0 Å². The molecule has 1 aromatic rings. The maximum absolute atomic E-state index is 14.7. The van der Waals surface area contributed by atoms with E-state index in [1.165, 1.54) is 18.2 Å². The zero-order valence-corrected chi connectivity index (χ0v) is 17.0. The van der Waals surface area contributed by atoms with Crippen LogP contribution >= 0.6 is 0 Å². The van der Waals surface area contributed by atoms with Gasteiger partial charge in [-0.25, -0.2) is 13.6 Å². The van der Waals surface area contributed by atoms with Crippen molar-refractivity contribution < 1.29 is 47.6 Å². The van der Waals surface area contributed by atoms with E-state index >= 15 is 0 Å². The number of rotatable bonds is 6. The predicted molar refractivity (Wildman–Crippen MR) is 109 cm³/mol. The Bertz CT molecular complexity index is 1080. The average molecular weight is 462 g/mol. The topological polar surface area (TPSA) is 154 Å². The third kappa shape index (κ3) is 4.29. The number of allylic oxidation sites excluding steroid dienone is 1. The molecule has 0 spiro atoms. The van der Waals surface area contributed by atoms with Gasteiger partial charge in [0.1, 0.15) is 17.7 Å². The van der Waals surface area contributed by atoms with Gasteiger partial charge >= 0.3 is 20.2 Å². The number of hydrogen-bond acceptors (Lipinski definition) is 7. The van der Waals surface area contributed by atoms with Crippen LogP contribution in [-0.4, -0.2) is 66.4 Å². The van der Waals surface area contributed by atoms with E-state index in [-0.39, 0.29) is 18.7 Å². The molecule has 2 amide bonds. The lowest BCUT2D eigenvalue weighted by atomic mass is 9.65. The normalized spacial score (nSPS) is 22.2. The van der Waals surface area contributed by atoms with Gasteiger partial charge in [0.15, 0.2) is 0 Å². The second-order valence-electron chi connectivity index (χ2n) is 7.77. The van der Waals surface area contributed by atoms with Crippen LogP contribution in [0.2, 0.25) is 5.82 Å². The van der Waals surface area contributed by atoms with Gasteiger partial charge in [0.05, 0.1) is 23.6 Å². The van der Waals surface area contributed by atoms with E-state index in [9.17, 15) is 38.3 Å². The quantitative estimate of drug-likeness (QED) is 0.325. The van der Waals surface area contributed by atoms with Crippen LogP contribution in [0, 0.1) is 11.7 Å². The van der Waals surface area contributed by atoms with Crippen LogP contribution in [0.25, 0.3) is 0 Å². The van der Waals surface area contributed by atoms with Crippen molar-refractivity contribution in [1.82, 2.24) is 10.6 Å². The van der Waals surface area contributed by atoms with Gasteiger partial charge in [-0.3, -0.25) is 9.59 Å². The van der Waals surface area contributed by atoms with Crippen molar-refractivity contribution in [2.24, 2.45) is 5.92 Å². The van der Waals surface area contributed by atoms with Crippen molar-refractivity contribution >= 4 is 37.5 Å². The SMILES string of the molecule is O=C(NC[C@H](NC(=O)c1ccc2c(c1F)B(O)OC2)C(=O)O)C1=C(F)C2B(O)OCC2C=C1. The van der Waals surface area contributed by atoms with Gasteiger partial charge in [-0.15, -0.1) is 0 Å². The smallest absolute Gasteiger partial charge is 0.480 e. The Morgan fingerprint density at radius 3 is 2.67 bits per heavy atom. The van der Waals surface area contributed by atoms with Crippen LogP contribution in [-0.2, 0) is 25.5 Å². The first-order chi connectivity index (χ1) is 15.7. The molecule has 2 heterocycles. The summed E-state index contributed by atoms with van der Waals surface area (Å²) < 4.78 is 39.2. The zero-order chi connectivity index (χ0) is 23.9. The van der Waals surface area contributed by atoms with Crippen molar-refractivity contribution in [1.29, 1.82) is 0 Å². The highest BCUT2D eigenvalue weighted by molar-refractivity contribution is 6.61. The minimum absolute atomic E-state index is 0.0370. The fraction of sp³-hybridized carbons (Fsp3) is 0.316. The summed E-state index contributed by atoms with van der Waals surface area (Å²) >= 11 is 0. The molecule has 0 saturated carbocycles. The van der Waals surface area contributed by atoms with Gasteiger partial charge in [0.25, 0.3) is 11.8 Å². The number of halogens is 2. The molecule has 0 radical (unpaired) electrons. The average Bonchev–Trinajstić information content (AvgIpc) is 3.34. The number of carboxylic acids is 1. The summed E-state index contributed by atoms with van der Waals surface area (Å²) in [5.74, 6) is -6.96. The number of carboxylic acid groups (broad SMARTS) is 1. The lowest BCUT2D eigenvalue weighted by Gasteiger charge is -2.21. The molecule has 0 aromatic heterocycles. The molecule has 10 nitrogen and oxygen atoms in total. The third-order valence-electron chi connectivity index (χ3n) is 5.76. The minimum atomic E-state index is -1.67. The molecule has 3 aliphatic rings. The summed E-state index contributed by atoms with van der Waals surface area (Å²) in [4.78, 5) is 36.5. The van der Waals surface area contributed by atoms with Gasteiger partial charge in [0, 0.05) is 24.5 Å². The first-order valence-electron chi connectivity index (χ1n) is 9.99. The minimum Gasteiger partial charge on any atom is -0.480 e. The monoisotopic (exact) mass is 462 g/mol. The first kappa shape index (κ1) is 23.1. The van der Waals surface area contributed by atoms with Crippen molar-refractivity contribution in [3.63, 3.8) is 0 Å². The summed E-state index contributed by atoms with van der Waals surface area (Å²) in [7, 11) is -2.95. The second-order valence-corrected chi connectivity index (χ2v) is 7.77. The van der Waals surface area contributed by atoms with Crippen molar-refractivity contribution in [3.05, 3.63) is 52.6 Å². The van der Waals surface area contributed by atoms with Crippen LogP contribution < -0.4 is 16.1 Å². The Labute approximate surface area is 186 Å². The van der Waals surface area contributed by atoms with Gasteiger partial charge in [0.2, 0.25) is 0 Å². The summed E-state index contributed by atoms with van der Waals surface area (Å²) in [6, 6.07) is 0.834. The number of nitrogens with one attached hydrogen (secondary N) is 2. The van der Waals surface area contributed by atoms with Crippen LogP contribution in [0.15, 0.2) is 35.7 Å². The fourth-order valence-electron chi connectivity index (χ4n) is 3.96. The number of hydrogen-bond donors (Lipinski definition) is 5. The second kappa shape index (κ2) is 9.06. The molecule has 172 valence electrons. The van der Waals surface area contributed by atoms with E-state index < -0.39 is 79.1 Å². The molecule has 1 fully saturated rings. The van der Waals surface area contributed by atoms with Crippen LogP contribution in [0.1, 0.15) is 15.9 Å². The molecule has 33 heavy (non-hydrogen) atoms. The number of amides is 2. The molecule has 1 saturated heterocycles. The molecule has 0 bridgehead atoms. The number of carbonyl (C=O) groups excluding carboxylic acids is 2. The summed E-state index contributed by atoms with van der Waals surface area (Å²) in [6.07, 6.45) is 2.74. The molecule has 14 heteroatoms. The largest absolute Gasteiger partial charge is 0.494 e. The van der Waals surface area contributed by atoms with Crippen LogP contribution in [0.5, 0.6) is 0 Å². The van der Waals surface area contributed by atoms with Crippen molar-refractivity contribution in [2.75, 3.05) is 13.2 Å². The lowest BCUT2D eigenvalue weighted by Crippen LogP contribution is -2.49. The molecule has 1 aliphatic carbocycles. The Morgan fingerprint density at radius 1 is 1.18 bits per heavy atom. The van der Waals surface area contributed by atoms with Crippen molar-refractivity contribution in [3.8, 4) is 0 Å². The highest BCUT2D eigenvalue weighted by Gasteiger charge is 2.46. The Kier molecular flexibility index (Phi) is 6.34. The molecule has 4 rings (SSSR count). The molecular weight excluding hydrogens is 444 g/mol. The maximum Gasteiger partial charge on any atom is 0.494 e. The molecular formula is C19H18B2F2N2O8. The fourth-order valence-corrected chi connectivity index (χ4v) is 3.96. The number of aliphatic carboxylic acids is 1. The third-order valence-corrected chi connectivity index (χ3v) is 5.76. The van der Waals surface area contributed by atoms with Gasteiger partial charge in [-0.05, 0) is 11.6 Å². The van der Waals surface area contributed by atoms with E-state index in [1.807, 2.05) is 0 Å². The molecule has 2 unspecified atom stereocenters. The predicted octanol–water partition coefficient (Wildman–Crippen LogP) is -1.37. The Balaban J connectivity index is 1.43. The van der Waals surface area contributed by atoms with E-state index in [0.717, 1.165) is 6.07 Å². The molecule has 5 N–H and O–H groups in total. The Morgan fingerprint density at radius 2 is 1.94 bits per heavy atom. The summed E-state index contributed by atoms with van der Waals surface area (Å²) in [5.41, 5.74) is -0.754. The zero-order valence-electron chi connectivity index (χ0n) is 17.0. The number of carbonyl (C=O) groups is 3. The number of benzene rings is 1. The summed E-state index contributed by atoms with van der Waals surface area (Å²) in [6.45, 7) is -0.569. The molecule has 2 aliphatic heterocycles.